The lowest BCUT2D eigenvalue weighted by Crippen LogP contribution is -2.13. The first kappa shape index (κ1) is 15.2. The van der Waals surface area contributed by atoms with E-state index in [-0.39, 0.29) is 5.91 Å². The number of anilines is 1. The third-order valence-corrected chi connectivity index (χ3v) is 4.29. The van der Waals surface area contributed by atoms with Crippen LogP contribution in [0.4, 0.5) is 5.69 Å². The van der Waals surface area contributed by atoms with Crippen LogP contribution in [0, 0.1) is 13.8 Å². The molecule has 0 atom stereocenters. The maximum absolute atomic E-state index is 12.5. The second-order valence-corrected chi connectivity index (χ2v) is 6.12. The van der Waals surface area contributed by atoms with E-state index in [4.69, 9.17) is 9.15 Å². The smallest absolute Gasteiger partial charge is 0.259 e. The van der Waals surface area contributed by atoms with Gasteiger partial charge in [0, 0.05) is 11.8 Å². The molecule has 0 aliphatic rings. The molecule has 1 aromatic carbocycles. The van der Waals surface area contributed by atoms with Crippen molar-refractivity contribution in [2.45, 2.75) is 13.8 Å². The van der Waals surface area contributed by atoms with Crippen molar-refractivity contribution in [3.8, 4) is 16.5 Å². The summed E-state index contributed by atoms with van der Waals surface area (Å²) in [6.45, 7) is 3.66. The number of carbonyl (C=O) groups is 1. The number of carbonyl (C=O) groups excluding carboxylic acids is 1. The van der Waals surface area contributed by atoms with Crippen LogP contribution in [0.25, 0.3) is 10.8 Å². The van der Waals surface area contributed by atoms with Crippen molar-refractivity contribution in [1.29, 1.82) is 0 Å². The number of benzene rings is 1. The molecule has 0 spiro atoms. The van der Waals surface area contributed by atoms with Crippen molar-refractivity contribution >= 4 is 22.9 Å². The zero-order valence-electron chi connectivity index (χ0n) is 12.9. The Kier molecular flexibility index (Phi) is 4.12. The Hall–Kier alpha value is -2.67. The van der Waals surface area contributed by atoms with Crippen molar-refractivity contribution in [3.05, 3.63) is 46.7 Å². The van der Waals surface area contributed by atoms with Gasteiger partial charge in [-0.2, -0.15) is 0 Å². The van der Waals surface area contributed by atoms with Crippen molar-refractivity contribution in [3.63, 3.8) is 0 Å². The summed E-state index contributed by atoms with van der Waals surface area (Å²) >= 11 is 1.49. The van der Waals surface area contributed by atoms with Crippen LogP contribution in [-0.4, -0.2) is 23.2 Å². The van der Waals surface area contributed by atoms with Gasteiger partial charge in [0.05, 0.1) is 23.2 Å². The van der Waals surface area contributed by atoms with Gasteiger partial charge >= 0.3 is 0 Å². The lowest BCUT2D eigenvalue weighted by molar-refractivity contribution is 0.102. The van der Waals surface area contributed by atoms with Crippen LogP contribution >= 0.6 is 11.3 Å². The number of aromatic nitrogens is 2. The van der Waals surface area contributed by atoms with Gasteiger partial charge in [0.1, 0.15) is 5.75 Å². The van der Waals surface area contributed by atoms with Gasteiger partial charge in [-0.1, -0.05) is 12.1 Å². The molecule has 0 aliphatic heterocycles. The Morgan fingerprint density at radius 3 is 2.74 bits per heavy atom. The number of hydrogen-bond donors (Lipinski definition) is 1. The van der Waals surface area contributed by atoms with Crippen molar-refractivity contribution in [2.75, 3.05) is 12.4 Å². The first-order valence-electron chi connectivity index (χ1n) is 6.93. The molecule has 3 aromatic rings. The Bertz CT molecular complexity index is 854. The van der Waals surface area contributed by atoms with E-state index < -0.39 is 0 Å². The number of ether oxygens (including phenoxy) is 1. The summed E-state index contributed by atoms with van der Waals surface area (Å²) < 4.78 is 10.6. The van der Waals surface area contributed by atoms with Crippen molar-refractivity contribution < 1.29 is 13.9 Å². The van der Waals surface area contributed by atoms with E-state index in [1.54, 1.807) is 25.1 Å². The van der Waals surface area contributed by atoms with E-state index in [2.05, 4.69) is 15.5 Å². The molecule has 2 aromatic heterocycles. The summed E-state index contributed by atoms with van der Waals surface area (Å²) in [5, 5.41) is 10.7. The molecular formula is C16H15N3O3S. The monoisotopic (exact) mass is 329 g/mol. The fourth-order valence-electron chi connectivity index (χ4n) is 2.13. The molecule has 7 heteroatoms. The first-order chi connectivity index (χ1) is 11.1. The number of aryl methyl sites for hydroxylation is 2. The Morgan fingerprint density at radius 1 is 1.26 bits per heavy atom. The molecule has 0 bridgehead atoms. The van der Waals surface area contributed by atoms with Crippen LogP contribution in [-0.2, 0) is 0 Å². The van der Waals surface area contributed by atoms with Gasteiger partial charge in [-0.25, -0.2) is 0 Å². The van der Waals surface area contributed by atoms with Crippen LogP contribution in [0.15, 0.2) is 34.7 Å². The average Bonchev–Trinajstić information content (AvgIpc) is 3.13. The minimum Gasteiger partial charge on any atom is -0.496 e. The van der Waals surface area contributed by atoms with E-state index in [0.717, 1.165) is 15.4 Å². The first-order valence-corrected chi connectivity index (χ1v) is 7.75. The zero-order valence-corrected chi connectivity index (χ0v) is 13.7. The SMILES string of the molecule is COc1ccccc1C(=O)Nc1cc(-c2nnc(C)o2)sc1C. The number of para-hydroxylation sites is 1. The van der Waals surface area contributed by atoms with Crippen LogP contribution in [0.1, 0.15) is 21.1 Å². The molecule has 3 rings (SSSR count). The molecule has 0 aliphatic carbocycles. The molecule has 118 valence electrons. The summed E-state index contributed by atoms with van der Waals surface area (Å²) in [5.41, 5.74) is 1.20. The topological polar surface area (TPSA) is 77.2 Å². The third kappa shape index (κ3) is 3.09. The number of amides is 1. The average molecular weight is 329 g/mol. The summed E-state index contributed by atoms with van der Waals surface area (Å²) in [6.07, 6.45) is 0. The largest absolute Gasteiger partial charge is 0.496 e. The minimum absolute atomic E-state index is 0.225. The van der Waals surface area contributed by atoms with Crippen LogP contribution in [0.3, 0.4) is 0 Å². The molecule has 1 N–H and O–H groups in total. The van der Waals surface area contributed by atoms with E-state index in [1.165, 1.54) is 18.4 Å². The fourth-order valence-corrected chi connectivity index (χ4v) is 3.03. The second kappa shape index (κ2) is 6.21. The minimum atomic E-state index is -0.225. The molecule has 1 amide bonds. The maximum Gasteiger partial charge on any atom is 0.259 e. The standard InChI is InChI=1S/C16H15N3O3S/c1-9-12(8-14(23-9)16-19-18-10(2)22-16)17-15(20)11-6-4-5-7-13(11)21-3/h4-8H,1-3H3,(H,17,20). The third-order valence-electron chi connectivity index (χ3n) is 3.25. The molecular weight excluding hydrogens is 314 g/mol. The fraction of sp³-hybridized carbons (Fsp3) is 0.188. The van der Waals surface area contributed by atoms with E-state index >= 15 is 0 Å². The van der Waals surface area contributed by atoms with Gasteiger partial charge in [0.15, 0.2) is 0 Å². The van der Waals surface area contributed by atoms with Gasteiger partial charge in [-0.3, -0.25) is 4.79 Å². The molecule has 2 heterocycles. The normalized spacial score (nSPS) is 10.6. The van der Waals surface area contributed by atoms with Crippen LogP contribution in [0.2, 0.25) is 0 Å². The summed E-state index contributed by atoms with van der Waals surface area (Å²) in [6, 6.07) is 8.92. The van der Waals surface area contributed by atoms with Crippen molar-refractivity contribution in [1.82, 2.24) is 10.2 Å². The highest BCUT2D eigenvalue weighted by Crippen LogP contribution is 2.34. The summed E-state index contributed by atoms with van der Waals surface area (Å²) in [5.74, 6) is 1.27. The molecule has 6 nitrogen and oxygen atoms in total. The highest BCUT2D eigenvalue weighted by molar-refractivity contribution is 7.15. The Balaban J connectivity index is 1.86. The van der Waals surface area contributed by atoms with E-state index in [9.17, 15) is 4.79 Å². The number of nitrogens with one attached hydrogen (secondary N) is 1. The van der Waals surface area contributed by atoms with Gasteiger partial charge in [0.2, 0.25) is 5.89 Å². The number of rotatable bonds is 4. The van der Waals surface area contributed by atoms with Crippen LogP contribution < -0.4 is 10.1 Å². The molecule has 0 radical (unpaired) electrons. The lowest BCUT2D eigenvalue weighted by Gasteiger charge is -2.08. The lowest BCUT2D eigenvalue weighted by atomic mass is 10.2. The predicted molar refractivity (Wildman–Crippen MR) is 88.0 cm³/mol. The number of methoxy groups -OCH3 is 1. The zero-order chi connectivity index (χ0) is 16.4. The van der Waals surface area contributed by atoms with Gasteiger partial charge < -0.3 is 14.5 Å². The van der Waals surface area contributed by atoms with Crippen LogP contribution in [0.5, 0.6) is 5.75 Å². The quantitative estimate of drug-likeness (QED) is 0.790. The molecule has 0 saturated heterocycles. The molecule has 0 saturated carbocycles. The summed E-state index contributed by atoms with van der Waals surface area (Å²) in [4.78, 5) is 14.2. The maximum atomic E-state index is 12.5. The van der Waals surface area contributed by atoms with Gasteiger partial charge in [-0.05, 0) is 25.1 Å². The highest BCUT2D eigenvalue weighted by Gasteiger charge is 2.16. The van der Waals surface area contributed by atoms with E-state index in [1.807, 2.05) is 19.1 Å². The Morgan fingerprint density at radius 2 is 2.04 bits per heavy atom. The second-order valence-electron chi connectivity index (χ2n) is 4.86. The van der Waals surface area contributed by atoms with Gasteiger partial charge in [-0.15, -0.1) is 21.5 Å². The van der Waals surface area contributed by atoms with Gasteiger partial charge in [0.25, 0.3) is 11.8 Å². The molecule has 23 heavy (non-hydrogen) atoms. The highest BCUT2D eigenvalue weighted by atomic mass is 32.1. The Labute approximate surface area is 137 Å². The van der Waals surface area contributed by atoms with Crippen molar-refractivity contribution in [2.24, 2.45) is 0 Å². The summed E-state index contributed by atoms with van der Waals surface area (Å²) in [7, 11) is 1.54. The molecule has 0 unspecified atom stereocenters. The van der Waals surface area contributed by atoms with E-state index in [0.29, 0.717) is 23.1 Å². The number of hydrogen-bond acceptors (Lipinski definition) is 6. The molecule has 0 fully saturated rings. The predicted octanol–water partition coefficient (Wildman–Crippen LogP) is 3.68. The number of nitrogens with zero attached hydrogens (tertiary/aromatic N) is 2. The number of thiophene rings is 1.